The van der Waals surface area contributed by atoms with Crippen molar-refractivity contribution < 1.29 is 29.0 Å². The summed E-state index contributed by atoms with van der Waals surface area (Å²) in [5.74, 6) is 0.0245. The molecule has 0 saturated carbocycles. The molecule has 0 spiro atoms. The van der Waals surface area contributed by atoms with Crippen LogP contribution in [0.2, 0.25) is 0 Å². The number of nitrogens with one attached hydrogen (secondary N) is 2. The first-order valence-corrected chi connectivity index (χ1v) is 14.2. The van der Waals surface area contributed by atoms with Gasteiger partial charge in [-0.25, -0.2) is 4.79 Å². The van der Waals surface area contributed by atoms with E-state index in [0.29, 0.717) is 76.3 Å². The Balaban J connectivity index is 1.17. The second kappa shape index (κ2) is 11.2. The van der Waals surface area contributed by atoms with Gasteiger partial charge in [-0.1, -0.05) is 0 Å². The Morgan fingerprint density at radius 3 is 2.61 bits per heavy atom. The van der Waals surface area contributed by atoms with Gasteiger partial charge in [-0.3, -0.25) is 19.6 Å². The number of benzene rings is 1. The minimum absolute atomic E-state index is 0.252. The van der Waals surface area contributed by atoms with Crippen molar-refractivity contribution in [3.8, 4) is 5.75 Å². The van der Waals surface area contributed by atoms with Gasteiger partial charge in [0.1, 0.15) is 17.4 Å². The van der Waals surface area contributed by atoms with Gasteiger partial charge in [-0.15, -0.1) is 0 Å². The van der Waals surface area contributed by atoms with Crippen molar-refractivity contribution in [2.45, 2.75) is 83.2 Å². The highest BCUT2D eigenvalue weighted by atomic mass is 16.6. The van der Waals surface area contributed by atoms with Crippen LogP contribution in [0.15, 0.2) is 24.3 Å². The van der Waals surface area contributed by atoms with E-state index in [0.717, 1.165) is 17.1 Å². The van der Waals surface area contributed by atoms with E-state index in [9.17, 15) is 19.5 Å². The van der Waals surface area contributed by atoms with Crippen LogP contribution in [0.1, 0.15) is 57.8 Å². The number of amides is 3. The van der Waals surface area contributed by atoms with E-state index in [2.05, 4.69) is 15.5 Å². The summed E-state index contributed by atoms with van der Waals surface area (Å²) in [6.07, 6.45) is 2.02. The van der Waals surface area contributed by atoms with Gasteiger partial charge in [0.25, 0.3) is 0 Å². The SMILES string of the molecule is COc1cc(N2CCC(O)(Cc3cc4n(n3)CCN(C(=O)OC(C)(C)C)C4)CC2)ccc1NC1CCC(=O)NC1=O. The van der Waals surface area contributed by atoms with Gasteiger partial charge < -0.3 is 29.7 Å². The Morgan fingerprint density at radius 2 is 1.93 bits per heavy atom. The molecule has 0 aliphatic carbocycles. The second-order valence-corrected chi connectivity index (χ2v) is 12.2. The Hall–Kier alpha value is -3.80. The van der Waals surface area contributed by atoms with Crippen molar-refractivity contribution in [2.24, 2.45) is 0 Å². The molecule has 1 atom stereocenters. The van der Waals surface area contributed by atoms with Crippen molar-refractivity contribution >= 4 is 29.3 Å². The number of ether oxygens (including phenoxy) is 2. The van der Waals surface area contributed by atoms with E-state index in [1.807, 2.05) is 49.7 Å². The number of piperidine rings is 2. The van der Waals surface area contributed by atoms with Crippen molar-refractivity contribution in [2.75, 3.05) is 37.0 Å². The van der Waals surface area contributed by atoms with Gasteiger partial charge in [-0.05, 0) is 58.2 Å². The monoisotopic (exact) mass is 568 g/mol. The highest BCUT2D eigenvalue weighted by Crippen LogP contribution is 2.34. The van der Waals surface area contributed by atoms with Crippen LogP contribution in [0.4, 0.5) is 16.2 Å². The number of rotatable bonds is 6. The Kier molecular flexibility index (Phi) is 7.87. The molecule has 3 amide bonds. The summed E-state index contributed by atoms with van der Waals surface area (Å²) >= 11 is 0. The normalized spacial score (nSPS) is 20.8. The molecular weight excluding hydrogens is 528 g/mol. The smallest absolute Gasteiger partial charge is 0.410 e. The van der Waals surface area contributed by atoms with Gasteiger partial charge in [-0.2, -0.15) is 5.10 Å². The maximum Gasteiger partial charge on any atom is 0.410 e. The number of anilines is 2. The molecule has 2 saturated heterocycles. The summed E-state index contributed by atoms with van der Waals surface area (Å²) < 4.78 is 13.0. The number of carbonyl (C=O) groups is 3. The molecule has 3 aliphatic rings. The molecule has 0 radical (unpaired) electrons. The zero-order chi connectivity index (χ0) is 29.4. The fourth-order valence-electron chi connectivity index (χ4n) is 5.60. The van der Waals surface area contributed by atoms with Crippen LogP contribution in [0.3, 0.4) is 0 Å². The lowest BCUT2D eigenvalue weighted by atomic mass is 9.86. The third kappa shape index (κ3) is 6.75. The summed E-state index contributed by atoms with van der Waals surface area (Å²) in [5, 5.41) is 21.7. The standard InChI is InChI=1S/C29H40N6O6/c1-28(2,3)41-27(38)34-13-14-35-21(18-34)15-19(32-35)17-29(39)9-11-33(12-10-29)20-5-6-22(24(16-20)40-4)30-23-7-8-25(36)31-26(23)37/h5-6,15-16,23,30,39H,7-14,17-18H2,1-4H3,(H,31,36,37). The van der Waals surface area contributed by atoms with E-state index in [1.54, 1.807) is 12.0 Å². The maximum atomic E-state index is 12.5. The predicted molar refractivity (Wildman–Crippen MR) is 152 cm³/mol. The molecule has 5 rings (SSSR count). The number of fused-ring (bicyclic) bond motifs is 1. The topological polar surface area (TPSA) is 138 Å². The molecule has 0 bridgehead atoms. The molecular formula is C29H40N6O6. The first-order valence-electron chi connectivity index (χ1n) is 14.2. The molecule has 3 N–H and O–H groups in total. The fraction of sp³-hybridized carbons (Fsp3) is 0.586. The van der Waals surface area contributed by atoms with E-state index in [-0.39, 0.29) is 17.9 Å². The van der Waals surface area contributed by atoms with Crippen LogP contribution in [0.25, 0.3) is 0 Å². The average Bonchev–Trinajstić information content (AvgIpc) is 3.30. The van der Waals surface area contributed by atoms with Crippen molar-refractivity contribution in [3.05, 3.63) is 35.7 Å². The summed E-state index contributed by atoms with van der Waals surface area (Å²) in [4.78, 5) is 40.0. The van der Waals surface area contributed by atoms with E-state index in [4.69, 9.17) is 14.6 Å². The number of methoxy groups -OCH3 is 1. The number of carbonyl (C=O) groups excluding carboxylic acids is 3. The third-order valence-electron chi connectivity index (χ3n) is 7.82. The molecule has 1 aromatic carbocycles. The van der Waals surface area contributed by atoms with Crippen LogP contribution in [0.5, 0.6) is 5.75 Å². The van der Waals surface area contributed by atoms with Crippen LogP contribution in [-0.4, -0.2) is 81.7 Å². The van der Waals surface area contributed by atoms with Gasteiger partial charge in [0, 0.05) is 44.2 Å². The quantitative estimate of drug-likeness (QED) is 0.449. The van der Waals surface area contributed by atoms with E-state index < -0.39 is 17.2 Å². The van der Waals surface area contributed by atoms with Crippen LogP contribution in [-0.2, 0) is 33.8 Å². The van der Waals surface area contributed by atoms with Gasteiger partial charge in [0.15, 0.2) is 0 Å². The van der Waals surface area contributed by atoms with Crippen molar-refractivity contribution in [3.63, 3.8) is 0 Å². The molecule has 41 heavy (non-hydrogen) atoms. The lowest BCUT2D eigenvalue weighted by Gasteiger charge is -2.39. The maximum absolute atomic E-state index is 12.5. The molecule has 2 aromatic rings. The number of aromatic nitrogens is 2. The lowest BCUT2D eigenvalue weighted by Crippen LogP contribution is -2.47. The number of hydrogen-bond acceptors (Lipinski definition) is 9. The minimum Gasteiger partial charge on any atom is -0.495 e. The fourth-order valence-corrected chi connectivity index (χ4v) is 5.60. The molecule has 12 nitrogen and oxygen atoms in total. The number of nitrogens with zero attached hydrogens (tertiary/aromatic N) is 4. The number of imide groups is 1. The summed E-state index contributed by atoms with van der Waals surface area (Å²) in [7, 11) is 1.58. The zero-order valence-electron chi connectivity index (χ0n) is 24.2. The average molecular weight is 569 g/mol. The molecule has 4 heterocycles. The Labute approximate surface area is 240 Å². The summed E-state index contributed by atoms with van der Waals surface area (Å²) in [6, 6.07) is 7.28. The van der Waals surface area contributed by atoms with Gasteiger partial charge in [0.2, 0.25) is 11.8 Å². The highest BCUT2D eigenvalue weighted by molar-refractivity contribution is 6.01. The third-order valence-corrected chi connectivity index (χ3v) is 7.82. The van der Waals surface area contributed by atoms with Crippen molar-refractivity contribution in [1.82, 2.24) is 20.0 Å². The lowest BCUT2D eigenvalue weighted by molar-refractivity contribution is -0.133. The zero-order valence-corrected chi connectivity index (χ0v) is 24.2. The molecule has 1 unspecified atom stereocenters. The minimum atomic E-state index is -0.872. The van der Waals surface area contributed by atoms with Crippen LogP contribution >= 0.6 is 0 Å². The largest absolute Gasteiger partial charge is 0.495 e. The Morgan fingerprint density at radius 1 is 1.17 bits per heavy atom. The second-order valence-electron chi connectivity index (χ2n) is 12.2. The molecule has 2 fully saturated rings. The van der Waals surface area contributed by atoms with Crippen LogP contribution < -0.4 is 20.3 Å². The summed E-state index contributed by atoms with van der Waals surface area (Å²) in [6.45, 7) is 8.47. The van der Waals surface area contributed by atoms with Crippen molar-refractivity contribution in [1.29, 1.82) is 0 Å². The molecule has 12 heteroatoms. The first-order chi connectivity index (χ1) is 19.4. The number of aliphatic hydroxyl groups is 1. The number of hydrogen-bond donors (Lipinski definition) is 3. The first kappa shape index (κ1) is 28.7. The highest BCUT2D eigenvalue weighted by Gasteiger charge is 2.35. The molecule has 3 aliphatic heterocycles. The predicted octanol–water partition coefficient (Wildman–Crippen LogP) is 2.43. The van der Waals surface area contributed by atoms with Gasteiger partial charge >= 0.3 is 6.09 Å². The molecule has 222 valence electrons. The Bertz CT molecular complexity index is 1310. The van der Waals surface area contributed by atoms with E-state index in [1.165, 1.54) is 0 Å². The summed E-state index contributed by atoms with van der Waals surface area (Å²) in [5.41, 5.74) is 2.01. The molecule has 1 aromatic heterocycles. The van der Waals surface area contributed by atoms with Gasteiger partial charge in [0.05, 0.1) is 42.9 Å². The van der Waals surface area contributed by atoms with Crippen LogP contribution in [0, 0.1) is 0 Å². The van der Waals surface area contributed by atoms with E-state index >= 15 is 0 Å².